The molecule has 9 nitrogen and oxygen atoms in total. The van der Waals surface area contributed by atoms with Gasteiger partial charge in [-0.3, -0.25) is 0 Å². The van der Waals surface area contributed by atoms with Gasteiger partial charge >= 0.3 is 0 Å². The average Bonchev–Trinajstić information content (AvgIpc) is 2.96. The van der Waals surface area contributed by atoms with Gasteiger partial charge in [-0.2, -0.15) is 4.31 Å². The van der Waals surface area contributed by atoms with E-state index in [1.165, 1.54) is 28.9 Å². The molecule has 38 heavy (non-hydrogen) atoms. The van der Waals surface area contributed by atoms with Gasteiger partial charge in [-0.1, -0.05) is 36.4 Å². The van der Waals surface area contributed by atoms with Crippen molar-refractivity contribution in [3.63, 3.8) is 0 Å². The zero-order chi connectivity index (χ0) is 27.3. The molecule has 0 atom stereocenters. The van der Waals surface area contributed by atoms with Crippen molar-refractivity contribution in [2.75, 3.05) is 58.9 Å². The highest BCUT2D eigenvalue weighted by atomic mass is 32.2. The highest BCUT2D eigenvalue weighted by molar-refractivity contribution is 7.89. The summed E-state index contributed by atoms with van der Waals surface area (Å²) in [5.41, 5.74) is 1.68. The molecule has 11 heteroatoms. The van der Waals surface area contributed by atoms with Gasteiger partial charge in [0.2, 0.25) is 20.0 Å². The molecule has 0 radical (unpaired) electrons. The summed E-state index contributed by atoms with van der Waals surface area (Å²) in [5, 5.41) is 0. The summed E-state index contributed by atoms with van der Waals surface area (Å²) in [6.45, 7) is 1.60. The molecular formula is C27H33N3O6S2. The van der Waals surface area contributed by atoms with Crippen LogP contribution in [-0.2, 0) is 26.5 Å². The first-order valence-corrected chi connectivity index (χ1v) is 15.1. The minimum Gasteiger partial charge on any atom is -0.497 e. The lowest BCUT2D eigenvalue weighted by Crippen LogP contribution is -2.48. The predicted octanol–water partition coefficient (Wildman–Crippen LogP) is 3.08. The summed E-state index contributed by atoms with van der Waals surface area (Å²) in [4.78, 5) is 2.30. The van der Waals surface area contributed by atoms with Gasteiger partial charge in [-0.05, 0) is 42.3 Å². The Hall–Kier alpha value is -3.12. The van der Waals surface area contributed by atoms with Crippen LogP contribution in [-0.4, -0.2) is 79.4 Å². The standard InChI is InChI=1S/C27H33N3O6S2/c1-28(15-14-22-8-5-4-6-9-22)37(31,32)25-12-13-27(36-3)26(21-25)29-16-18-30(19-17-29)38(33,34)24-11-7-10-23(20-24)35-2/h4-13,20-21H,14-19H2,1-3H3. The molecule has 0 bridgehead atoms. The molecule has 0 spiro atoms. The molecule has 1 saturated heterocycles. The Kier molecular flexibility index (Phi) is 8.61. The van der Waals surface area contributed by atoms with E-state index >= 15 is 0 Å². The molecule has 0 aliphatic carbocycles. The van der Waals surface area contributed by atoms with Crippen LogP contribution in [0.3, 0.4) is 0 Å². The number of piperazine rings is 1. The van der Waals surface area contributed by atoms with E-state index in [1.54, 1.807) is 43.4 Å². The van der Waals surface area contributed by atoms with Gasteiger partial charge in [-0.25, -0.2) is 21.1 Å². The Morgan fingerprint density at radius 1 is 0.789 bits per heavy atom. The lowest BCUT2D eigenvalue weighted by Gasteiger charge is -2.36. The summed E-state index contributed by atoms with van der Waals surface area (Å²) in [6.07, 6.45) is 0.601. The molecule has 1 aliphatic rings. The summed E-state index contributed by atoms with van der Waals surface area (Å²) in [5.74, 6) is 1.00. The van der Waals surface area contributed by atoms with Crippen molar-refractivity contribution in [1.29, 1.82) is 0 Å². The van der Waals surface area contributed by atoms with Crippen molar-refractivity contribution in [1.82, 2.24) is 8.61 Å². The van der Waals surface area contributed by atoms with Crippen LogP contribution in [0.2, 0.25) is 0 Å². The van der Waals surface area contributed by atoms with Gasteiger partial charge in [-0.15, -0.1) is 0 Å². The molecule has 0 aromatic heterocycles. The lowest BCUT2D eigenvalue weighted by atomic mass is 10.2. The van der Waals surface area contributed by atoms with Crippen LogP contribution in [0.5, 0.6) is 11.5 Å². The normalized spacial score (nSPS) is 15.0. The van der Waals surface area contributed by atoms with Crippen LogP contribution >= 0.6 is 0 Å². The number of nitrogens with zero attached hydrogens (tertiary/aromatic N) is 3. The maximum Gasteiger partial charge on any atom is 0.243 e. The highest BCUT2D eigenvalue weighted by Crippen LogP contribution is 2.33. The Balaban J connectivity index is 1.50. The summed E-state index contributed by atoms with van der Waals surface area (Å²) >= 11 is 0. The number of methoxy groups -OCH3 is 2. The molecule has 204 valence electrons. The number of rotatable bonds is 10. The van der Waals surface area contributed by atoms with E-state index in [0.717, 1.165) is 5.56 Å². The average molecular weight is 560 g/mol. The molecule has 0 saturated carbocycles. The first kappa shape index (κ1) is 27.9. The number of hydrogen-bond donors (Lipinski definition) is 0. The van der Waals surface area contributed by atoms with Crippen LogP contribution < -0.4 is 14.4 Å². The van der Waals surface area contributed by atoms with Crippen LogP contribution in [0.1, 0.15) is 5.56 Å². The first-order valence-electron chi connectivity index (χ1n) is 12.2. The van der Waals surface area contributed by atoms with E-state index in [1.807, 2.05) is 35.2 Å². The third-order valence-electron chi connectivity index (χ3n) is 6.67. The van der Waals surface area contributed by atoms with E-state index in [0.29, 0.717) is 43.2 Å². The van der Waals surface area contributed by atoms with Gasteiger partial charge in [0.1, 0.15) is 11.5 Å². The molecule has 3 aromatic carbocycles. The van der Waals surface area contributed by atoms with E-state index in [4.69, 9.17) is 9.47 Å². The fraction of sp³-hybridized carbons (Fsp3) is 0.333. The molecule has 4 rings (SSSR count). The van der Waals surface area contributed by atoms with Gasteiger partial charge < -0.3 is 14.4 Å². The number of benzene rings is 3. The maximum atomic E-state index is 13.3. The lowest BCUT2D eigenvalue weighted by molar-refractivity contribution is 0.377. The van der Waals surface area contributed by atoms with Gasteiger partial charge in [0.15, 0.2) is 0 Å². The second-order valence-corrected chi connectivity index (χ2v) is 12.9. The van der Waals surface area contributed by atoms with Crippen molar-refractivity contribution < 1.29 is 26.3 Å². The van der Waals surface area contributed by atoms with E-state index in [9.17, 15) is 16.8 Å². The zero-order valence-corrected chi connectivity index (χ0v) is 23.4. The second-order valence-electron chi connectivity index (χ2n) is 8.97. The van der Waals surface area contributed by atoms with Crippen molar-refractivity contribution in [2.45, 2.75) is 16.2 Å². The minimum absolute atomic E-state index is 0.162. The number of hydrogen-bond acceptors (Lipinski definition) is 7. The SMILES string of the molecule is COc1cccc(S(=O)(=O)N2CCN(c3cc(S(=O)(=O)N(C)CCc4ccccc4)ccc3OC)CC2)c1. The minimum atomic E-state index is -3.74. The summed E-state index contributed by atoms with van der Waals surface area (Å²) in [6, 6.07) is 20.9. The number of ether oxygens (including phenoxy) is 2. The number of anilines is 1. The number of likely N-dealkylation sites (N-methyl/N-ethyl adjacent to an activating group) is 1. The molecule has 0 N–H and O–H groups in total. The molecular weight excluding hydrogens is 526 g/mol. The van der Waals surface area contributed by atoms with E-state index in [2.05, 4.69) is 0 Å². The molecule has 0 amide bonds. The zero-order valence-electron chi connectivity index (χ0n) is 21.8. The molecule has 3 aromatic rings. The van der Waals surface area contributed by atoms with Crippen molar-refractivity contribution >= 4 is 25.7 Å². The topological polar surface area (TPSA) is 96.5 Å². The van der Waals surface area contributed by atoms with Gasteiger partial charge in [0.05, 0.1) is 29.7 Å². The summed E-state index contributed by atoms with van der Waals surface area (Å²) < 4.78 is 66.6. The quantitative estimate of drug-likeness (QED) is 0.377. The van der Waals surface area contributed by atoms with Gasteiger partial charge in [0.25, 0.3) is 0 Å². The Labute approximate surface area is 225 Å². The van der Waals surface area contributed by atoms with E-state index < -0.39 is 20.0 Å². The molecule has 1 fully saturated rings. The molecule has 1 heterocycles. The highest BCUT2D eigenvalue weighted by Gasteiger charge is 2.31. The van der Waals surface area contributed by atoms with E-state index in [-0.39, 0.29) is 22.9 Å². The second kappa shape index (κ2) is 11.7. The smallest absolute Gasteiger partial charge is 0.243 e. The van der Waals surface area contributed by atoms with Crippen LogP contribution in [0.4, 0.5) is 5.69 Å². The third kappa shape index (κ3) is 5.96. The monoisotopic (exact) mass is 559 g/mol. The maximum absolute atomic E-state index is 13.3. The first-order chi connectivity index (χ1) is 18.2. The molecule has 0 unspecified atom stereocenters. The fourth-order valence-corrected chi connectivity index (χ4v) is 7.04. The Morgan fingerprint density at radius 3 is 2.16 bits per heavy atom. The van der Waals surface area contributed by atoms with Crippen molar-refractivity contribution in [3.8, 4) is 11.5 Å². The Bertz CT molecular complexity index is 1460. The van der Waals surface area contributed by atoms with Gasteiger partial charge in [0, 0.05) is 45.8 Å². The van der Waals surface area contributed by atoms with Crippen molar-refractivity contribution in [2.24, 2.45) is 0 Å². The Morgan fingerprint density at radius 2 is 1.50 bits per heavy atom. The van der Waals surface area contributed by atoms with Crippen LogP contribution in [0, 0.1) is 0 Å². The predicted molar refractivity (Wildman–Crippen MR) is 147 cm³/mol. The third-order valence-corrected chi connectivity index (χ3v) is 10.4. The van der Waals surface area contributed by atoms with Crippen LogP contribution in [0.15, 0.2) is 82.6 Å². The largest absolute Gasteiger partial charge is 0.497 e. The number of sulfonamides is 2. The molecule has 1 aliphatic heterocycles. The van der Waals surface area contributed by atoms with Crippen LogP contribution in [0.25, 0.3) is 0 Å². The van der Waals surface area contributed by atoms with Crippen molar-refractivity contribution in [3.05, 3.63) is 78.4 Å². The summed E-state index contributed by atoms with van der Waals surface area (Å²) in [7, 11) is -2.84. The fourth-order valence-electron chi connectivity index (χ4n) is 4.39.